The summed E-state index contributed by atoms with van der Waals surface area (Å²) in [6.45, 7) is 9.66. The first-order valence-electron chi connectivity index (χ1n) is 11.4. The highest BCUT2D eigenvalue weighted by Crippen LogP contribution is 2.28. The van der Waals surface area contributed by atoms with E-state index in [0.717, 1.165) is 4.90 Å². The SMILES string of the molecule is CCN(CC)S(=O)(=O)c1ccc(C(C)NC(=O)C(C(C)C)N2C(=O)c3ccccc3C2=O)cc1. The minimum atomic E-state index is -3.58. The molecule has 3 amide bonds. The maximum atomic E-state index is 13.2. The van der Waals surface area contributed by atoms with Crippen molar-refractivity contribution in [1.82, 2.24) is 14.5 Å². The van der Waals surface area contributed by atoms with Gasteiger partial charge in [0.2, 0.25) is 15.9 Å². The van der Waals surface area contributed by atoms with Gasteiger partial charge in [0.15, 0.2) is 0 Å². The molecule has 0 aliphatic carbocycles. The van der Waals surface area contributed by atoms with E-state index in [1.54, 1.807) is 71.0 Å². The molecular weight excluding hydrogens is 454 g/mol. The van der Waals surface area contributed by atoms with Crippen LogP contribution in [-0.2, 0) is 14.8 Å². The van der Waals surface area contributed by atoms with Gasteiger partial charge in [-0.1, -0.05) is 52.0 Å². The molecule has 0 saturated carbocycles. The molecule has 1 aliphatic rings. The predicted octanol–water partition coefficient (Wildman–Crippen LogP) is 3.22. The molecule has 1 N–H and O–H groups in total. The first-order chi connectivity index (χ1) is 16.0. The van der Waals surface area contributed by atoms with Gasteiger partial charge in [-0.2, -0.15) is 4.31 Å². The molecule has 0 saturated heterocycles. The molecule has 3 rings (SSSR count). The minimum Gasteiger partial charge on any atom is -0.348 e. The first-order valence-corrected chi connectivity index (χ1v) is 12.9. The Morgan fingerprint density at radius 3 is 1.85 bits per heavy atom. The lowest BCUT2D eigenvalue weighted by molar-refractivity contribution is -0.127. The van der Waals surface area contributed by atoms with Gasteiger partial charge in [0.25, 0.3) is 11.8 Å². The molecule has 182 valence electrons. The van der Waals surface area contributed by atoms with Gasteiger partial charge < -0.3 is 5.32 Å². The Morgan fingerprint density at radius 1 is 0.912 bits per heavy atom. The largest absolute Gasteiger partial charge is 0.348 e. The minimum absolute atomic E-state index is 0.185. The van der Waals surface area contributed by atoms with Gasteiger partial charge in [-0.15, -0.1) is 0 Å². The number of hydrogen-bond acceptors (Lipinski definition) is 5. The van der Waals surface area contributed by atoms with E-state index in [-0.39, 0.29) is 10.8 Å². The fourth-order valence-electron chi connectivity index (χ4n) is 4.20. The summed E-state index contributed by atoms with van der Waals surface area (Å²) >= 11 is 0. The molecule has 2 aromatic carbocycles. The number of imide groups is 1. The van der Waals surface area contributed by atoms with Crippen molar-refractivity contribution in [3.8, 4) is 0 Å². The van der Waals surface area contributed by atoms with E-state index in [1.165, 1.54) is 16.4 Å². The summed E-state index contributed by atoms with van der Waals surface area (Å²) in [4.78, 5) is 40.3. The molecule has 2 unspecified atom stereocenters. The van der Waals surface area contributed by atoms with Gasteiger partial charge in [-0.3, -0.25) is 19.3 Å². The van der Waals surface area contributed by atoms with Gasteiger partial charge in [-0.05, 0) is 42.7 Å². The van der Waals surface area contributed by atoms with Crippen LogP contribution >= 0.6 is 0 Å². The molecular formula is C25H31N3O5S. The van der Waals surface area contributed by atoms with Gasteiger partial charge in [-0.25, -0.2) is 8.42 Å². The second-order valence-corrected chi connectivity index (χ2v) is 10.5. The number of nitrogens with one attached hydrogen (secondary N) is 1. The number of carbonyl (C=O) groups is 3. The fourth-order valence-corrected chi connectivity index (χ4v) is 5.66. The Hall–Kier alpha value is -3.04. The summed E-state index contributed by atoms with van der Waals surface area (Å²) in [5, 5.41) is 2.88. The molecule has 8 nitrogen and oxygen atoms in total. The Kier molecular flexibility index (Phi) is 7.57. The molecule has 1 heterocycles. The summed E-state index contributed by atoms with van der Waals surface area (Å²) in [6.07, 6.45) is 0. The Labute approximate surface area is 201 Å². The second-order valence-electron chi connectivity index (χ2n) is 8.60. The maximum Gasteiger partial charge on any atom is 0.262 e. The van der Waals surface area contributed by atoms with Crippen molar-refractivity contribution in [2.24, 2.45) is 5.92 Å². The summed E-state index contributed by atoms with van der Waals surface area (Å²) in [7, 11) is -3.58. The number of fused-ring (bicyclic) bond motifs is 1. The number of hydrogen-bond donors (Lipinski definition) is 1. The lowest BCUT2D eigenvalue weighted by Gasteiger charge is -2.29. The third kappa shape index (κ3) is 4.63. The Bertz CT molecular complexity index is 1150. The molecule has 2 aromatic rings. The van der Waals surface area contributed by atoms with Crippen LogP contribution in [0.1, 0.15) is 66.9 Å². The lowest BCUT2D eigenvalue weighted by Crippen LogP contribution is -2.52. The number of sulfonamides is 1. The predicted molar refractivity (Wildman–Crippen MR) is 129 cm³/mol. The highest BCUT2D eigenvalue weighted by Gasteiger charge is 2.44. The molecule has 0 fully saturated rings. The van der Waals surface area contributed by atoms with E-state index in [9.17, 15) is 22.8 Å². The Balaban J connectivity index is 1.79. The van der Waals surface area contributed by atoms with E-state index in [4.69, 9.17) is 0 Å². The Morgan fingerprint density at radius 2 is 1.41 bits per heavy atom. The number of benzene rings is 2. The molecule has 9 heteroatoms. The van der Waals surface area contributed by atoms with E-state index in [1.807, 2.05) is 0 Å². The highest BCUT2D eigenvalue weighted by molar-refractivity contribution is 7.89. The zero-order chi connectivity index (χ0) is 25.2. The van der Waals surface area contributed by atoms with Crippen molar-refractivity contribution in [1.29, 1.82) is 0 Å². The fraction of sp³-hybridized carbons (Fsp3) is 0.400. The molecule has 34 heavy (non-hydrogen) atoms. The average Bonchev–Trinajstić information content (AvgIpc) is 3.05. The normalized spacial score (nSPS) is 15.6. The van der Waals surface area contributed by atoms with Gasteiger partial charge in [0, 0.05) is 13.1 Å². The van der Waals surface area contributed by atoms with Crippen molar-refractivity contribution in [3.63, 3.8) is 0 Å². The zero-order valence-electron chi connectivity index (χ0n) is 20.1. The van der Waals surface area contributed by atoms with Crippen molar-refractivity contribution in [3.05, 3.63) is 65.2 Å². The van der Waals surface area contributed by atoms with E-state index in [2.05, 4.69) is 5.32 Å². The van der Waals surface area contributed by atoms with Crippen LogP contribution in [0.25, 0.3) is 0 Å². The van der Waals surface area contributed by atoms with Crippen LogP contribution in [-0.4, -0.2) is 54.5 Å². The van der Waals surface area contributed by atoms with Crippen molar-refractivity contribution in [2.45, 2.75) is 51.6 Å². The van der Waals surface area contributed by atoms with Crippen molar-refractivity contribution in [2.75, 3.05) is 13.1 Å². The van der Waals surface area contributed by atoms with Crippen LogP contribution in [0.4, 0.5) is 0 Å². The monoisotopic (exact) mass is 485 g/mol. The zero-order valence-corrected chi connectivity index (χ0v) is 20.9. The van der Waals surface area contributed by atoms with Crippen molar-refractivity contribution >= 4 is 27.7 Å². The van der Waals surface area contributed by atoms with E-state index >= 15 is 0 Å². The molecule has 0 bridgehead atoms. The molecule has 0 aromatic heterocycles. The van der Waals surface area contributed by atoms with E-state index in [0.29, 0.717) is 29.8 Å². The third-order valence-electron chi connectivity index (χ3n) is 6.09. The first kappa shape index (κ1) is 25.6. The van der Waals surface area contributed by atoms with E-state index < -0.39 is 39.8 Å². The highest BCUT2D eigenvalue weighted by atomic mass is 32.2. The van der Waals surface area contributed by atoms with Crippen LogP contribution in [0, 0.1) is 5.92 Å². The lowest BCUT2D eigenvalue weighted by atomic mass is 10.00. The molecule has 0 spiro atoms. The summed E-state index contributed by atoms with van der Waals surface area (Å²) in [6, 6.07) is 11.5. The second kappa shape index (κ2) is 10.1. The van der Waals surface area contributed by atoms with Crippen LogP contribution in [0.5, 0.6) is 0 Å². The summed E-state index contributed by atoms with van der Waals surface area (Å²) in [5.74, 6) is -1.71. The van der Waals surface area contributed by atoms with Gasteiger partial charge >= 0.3 is 0 Å². The number of carbonyl (C=O) groups excluding carboxylic acids is 3. The van der Waals surface area contributed by atoms with Crippen LogP contribution in [0.2, 0.25) is 0 Å². The molecule has 1 aliphatic heterocycles. The van der Waals surface area contributed by atoms with Crippen molar-refractivity contribution < 1.29 is 22.8 Å². The van der Waals surface area contributed by atoms with Crippen LogP contribution < -0.4 is 5.32 Å². The number of rotatable bonds is 9. The third-order valence-corrected chi connectivity index (χ3v) is 8.15. The number of amides is 3. The number of nitrogens with zero attached hydrogens (tertiary/aromatic N) is 2. The smallest absolute Gasteiger partial charge is 0.262 e. The molecule has 0 radical (unpaired) electrons. The summed E-state index contributed by atoms with van der Waals surface area (Å²) in [5.41, 5.74) is 1.30. The van der Waals surface area contributed by atoms with Crippen LogP contribution in [0.15, 0.2) is 53.4 Å². The summed E-state index contributed by atoms with van der Waals surface area (Å²) < 4.78 is 26.8. The maximum absolute atomic E-state index is 13.2. The molecule has 2 atom stereocenters. The van der Waals surface area contributed by atoms with Gasteiger partial charge in [0.1, 0.15) is 6.04 Å². The van der Waals surface area contributed by atoms with Gasteiger partial charge in [0.05, 0.1) is 22.1 Å². The average molecular weight is 486 g/mol. The van der Waals surface area contributed by atoms with Crippen LogP contribution in [0.3, 0.4) is 0 Å². The standard InChI is InChI=1S/C25H31N3O5S/c1-6-27(7-2)34(32,33)19-14-12-18(13-15-19)17(5)26-23(29)22(16(3)4)28-24(30)20-10-8-9-11-21(20)25(28)31/h8-17,22H,6-7H2,1-5H3,(H,26,29). The quantitative estimate of drug-likeness (QED) is 0.549. The topological polar surface area (TPSA) is 104 Å².